The zero-order valence-electron chi connectivity index (χ0n) is 20.9. The predicted molar refractivity (Wildman–Crippen MR) is 142 cm³/mol. The van der Waals surface area contributed by atoms with Gasteiger partial charge in [-0.2, -0.15) is 5.10 Å². The lowest BCUT2D eigenvalue weighted by Crippen LogP contribution is -2.25. The average molecular weight is 608 g/mol. The molecule has 1 atom stereocenters. The van der Waals surface area contributed by atoms with E-state index < -0.39 is 17.2 Å². The van der Waals surface area contributed by atoms with E-state index in [1.54, 1.807) is 0 Å². The lowest BCUT2D eigenvalue weighted by atomic mass is 9.85. The number of carbonyl (C=O) groups is 1. The van der Waals surface area contributed by atoms with Crippen LogP contribution in [-0.2, 0) is 22.3 Å². The van der Waals surface area contributed by atoms with Gasteiger partial charge in [-0.3, -0.25) is 0 Å². The van der Waals surface area contributed by atoms with Crippen molar-refractivity contribution < 1.29 is 23.0 Å². The van der Waals surface area contributed by atoms with E-state index >= 15 is 0 Å². The lowest BCUT2D eigenvalue weighted by molar-refractivity contribution is -0.0368. The van der Waals surface area contributed by atoms with Crippen LogP contribution in [0, 0.1) is 15.3 Å². The summed E-state index contributed by atoms with van der Waals surface area (Å²) in [6, 6.07) is 6.44. The molecule has 1 unspecified atom stereocenters. The summed E-state index contributed by atoms with van der Waals surface area (Å²) in [5.74, 6) is -1.98. The van der Waals surface area contributed by atoms with Crippen LogP contribution < -0.4 is 0 Å². The first kappa shape index (κ1) is 25.6. The minimum Gasteiger partial charge on any atom is -0.456 e. The monoisotopic (exact) mass is 608 g/mol. The number of aryl methyl sites for hydroxylation is 2. The van der Waals surface area contributed by atoms with Gasteiger partial charge >= 0.3 is 5.97 Å². The van der Waals surface area contributed by atoms with Crippen molar-refractivity contribution in [3.8, 4) is 0 Å². The molecular formula is C28H31F2IN2O3. The molecule has 0 bridgehead atoms. The first-order chi connectivity index (χ1) is 17.1. The van der Waals surface area contributed by atoms with E-state index in [1.165, 1.54) is 12.1 Å². The number of hydrogen-bond donors (Lipinski definition) is 0. The molecule has 192 valence electrons. The van der Waals surface area contributed by atoms with Crippen molar-refractivity contribution in [1.82, 2.24) is 9.78 Å². The van der Waals surface area contributed by atoms with Gasteiger partial charge in [-0.25, -0.2) is 18.3 Å². The summed E-state index contributed by atoms with van der Waals surface area (Å²) >= 11 is 2.24. The number of halogens is 3. The Bertz CT molecular complexity index is 1280. The van der Waals surface area contributed by atoms with Gasteiger partial charge in [-0.15, -0.1) is 0 Å². The summed E-state index contributed by atoms with van der Waals surface area (Å²) in [5, 5.41) is 5.80. The number of aromatic nitrogens is 2. The van der Waals surface area contributed by atoms with Crippen molar-refractivity contribution in [2.24, 2.45) is 0 Å². The maximum Gasteiger partial charge on any atom is 0.338 e. The number of nitrogens with zero attached hydrogens (tertiary/aromatic N) is 2. The van der Waals surface area contributed by atoms with E-state index in [4.69, 9.17) is 14.6 Å². The van der Waals surface area contributed by atoms with Gasteiger partial charge in [0.05, 0.1) is 11.1 Å². The van der Waals surface area contributed by atoms with Gasteiger partial charge in [0.2, 0.25) is 0 Å². The minimum atomic E-state index is -0.813. The Hall–Kier alpha value is -2.07. The highest BCUT2D eigenvalue weighted by Gasteiger charge is 2.31. The standard InChI is InChI=1S/C28H31F2IN2O3/c1-28(2,3)36-27(34)19-11-12-22-25(26(31)32-33(22)23-6-4-5-13-35-23)24(19)16-7-9-17-14-20(29)21(30)15-18(17)10-8-16/h11-12,14-16,23H,4-10,13H2,1-3H3. The van der Waals surface area contributed by atoms with E-state index in [2.05, 4.69) is 22.6 Å². The fourth-order valence-corrected chi connectivity index (χ4v) is 6.27. The lowest BCUT2D eigenvalue weighted by Gasteiger charge is -2.25. The molecule has 0 saturated carbocycles. The van der Waals surface area contributed by atoms with Gasteiger partial charge in [0.15, 0.2) is 17.9 Å². The maximum absolute atomic E-state index is 14.0. The number of ether oxygens (including phenoxy) is 2. The number of hydrogen-bond acceptors (Lipinski definition) is 4. The van der Waals surface area contributed by atoms with E-state index in [1.807, 2.05) is 37.6 Å². The maximum atomic E-state index is 14.0. The predicted octanol–water partition coefficient (Wildman–Crippen LogP) is 7.24. The Morgan fingerprint density at radius 1 is 1.08 bits per heavy atom. The van der Waals surface area contributed by atoms with Crippen LogP contribution in [0.2, 0.25) is 0 Å². The van der Waals surface area contributed by atoms with Crippen LogP contribution in [0.4, 0.5) is 8.78 Å². The SMILES string of the molecule is CC(C)(C)OC(=O)c1ccc2c(c(I)nn2C2CCCCO2)c1C1CCc2cc(F)c(F)cc2CC1. The van der Waals surface area contributed by atoms with Gasteiger partial charge in [-0.05, 0) is 135 Å². The highest BCUT2D eigenvalue weighted by atomic mass is 127. The van der Waals surface area contributed by atoms with Crippen molar-refractivity contribution in [2.45, 2.75) is 83.5 Å². The molecule has 0 spiro atoms. The van der Waals surface area contributed by atoms with Crippen molar-refractivity contribution in [3.63, 3.8) is 0 Å². The third-order valence-corrected chi connectivity index (χ3v) is 7.85. The quantitative estimate of drug-likeness (QED) is 0.179. The van der Waals surface area contributed by atoms with Gasteiger partial charge in [-0.1, -0.05) is 0 Å². The zero-order valence-corrected chi connectivity index (χ0v) is 23.0. The summed E-state index contributed by atoms with van der Waals surface area (Å²) in [7, 11) is 0. The molecule has 2 heterocycles. The highest BCUT2D eigenvalue weighted by molar-refractivity contribution is 14.1. The third kappa shape index (κ3) is 5.03. The van der Waals surface area contributed by atoms with Gasteiger partial charge < -0.3 is 9.47 Å². The Kier molecular flexibility index (Phi) is 7.11. The van der Waals surface area contributed by atoms with Gasteiger partial charge in [0.1, 0.15) is 9.30 Å². The molecule has 1 aliphatic heterocycles. The van der Waals surface area contributed by atoms with E-state index in [0.717, 1.165) is 50.6 Å². The smallest absolute Gasteiger partial charge is 0.338 e. The fourth-order valence-electron chi connectivity index (χ4n) is 5.47. The molecule has 8 heteroatoms. The topological polar surface area (TPSA) is 53.3 Å². The van der Waals surface area contributed by atoms with Gasteiger partial charge in [0, 0.05) is 12.0 Å². The molecule has 1 aromatic heterocycles. The molecule has 1 saturated heterocycles. The molecule has 36 heavy (non-hydrogen) atoms. The Balaban J connectivity index is 1.61. The summed E-state index contributed by atoms with van der Waals surface area (Å²) in [5.41, 5.74) is 3.43. The molecule has 2 aromatic carbocycles. The van der Waals surface area contributed by atoms with E-state index in [9.17, 15) is 13.6 Å². The Labute approximate surface area is 223 Å². The van der Waals surface area contributed by atoms with Crippen molar-refractivity contribution >= 4 is 39.5 Å². The average Bonchev–Trinajstić information content (AvgIpc) is 3.03. The Morgan fingerprint density at radius 3 is 2.33 bits per heavy atom. The van der Waals surface area contributed by atoms with E-state index in [0.29, 0.717) is 37.9 Å². The second kappa shape index (κ2) is 10.0. The first-order valence-electron chi connectivity index (χ1n) is 12.6. The number of esters is 1. The minimum absolute atomic E-state index is 0.00758. The second-order valence-corrected chi connectivity index (χ2v) is 11.8. The van der Waals surface area contributed by atoms with Crippen LogP contribution in [0.1, 0.15) is 92.1 Å². The molecule has 5 rings (SSSR count). The number of rotatable bonds is 3. The molecule has 1 fully saturated rings. The van der Waals surface area contributed by atoms with Crippen molar-refractivity contribution in [1.29, 1.82) is 0 Å². The first-order valence-corrected chi connectivity index (χ1v) is 13.7. The number of fused-ring (bicyclic) bond motifs is 2. The largest absolute Gasteiger partial charge is 0.456 e. The van der Waals surface area contributed by atoms with Gasteiger partial charge in [0.25, 0.3) is 0 Å². The summed E-state index contributed by atoms with van der Waals surface area (Å²) in [6.45, 7) is 6.28. The van der Waals surface area contributed by atoms with Crippen LogP contribution in [0.25, 0.3) is 10.9 Å². The summed E-state index contributed by atoms with van der Waals surface area (Å²) < 4.78 is 42.5. The molecule has 1 aliphatic carbocycles. The molecule has 0 N–H and O–H groups in total. The van der Waals surface area contributed by atoms with Crippen molar-refractivity contribution in [2.75, 3.05) is 6.61 Å². The Morgan fingerprint density at radius 2 is 1.75 bits per heavy atom. The molecule has 5 nitrogen and oxygen atoms in total. The third-order valence-electron chi connectivity index (χ3n) is 7.09. The van der Waals surface area contributed by atoms with Crippen LogP contribution >= 0.6 is 22.6 Å². The number of benzene rings is 2. The molecule has 2 aliphatic rings. The summed E-state index contributed by atoms with van der Waals surface area (Å²) in [4.78, 5) is 13.4. The van der Waals surface area contributed by atoms with Crippen LogP contribution in [0.15, 0.2) is 24.3 Å². The molecular weight excluding hydrogens is 577 g/mol. The second-order valence-electron chi connectivity index (χ2n) is 10.8. The normalized spacial score (nSPS) is 19.2. The molecule has 3 aromatic rings. The molecule has 0 amide bonds. The molecule has 0 radical (unpaired) electrons. The van der Waals surface area contributed by atoms with E-state index in [-0.39, 0.29) is 18.1 Å². The van der Waals surface area contributed by atoms with Crippen LogP contribution in [-0.4, -0.2) is 28.0 Å². The van der Waals surface area contributed by atoms with Crippen molar-refractivity contribution in [3.05, 3.63) is 61.9 Å². The van der Waals surface area contributed by atoms with Crippen LogP contribution in [0.5, 0.6) is 0 Å². The summed E-state index contributed by atoms with van der Waals surface area (Å²) in [6.07, 6.45) is 5.54. The van der Waals surface area contributed by atoms with Crippen LogP contribution in [0.3, 0.4) is 0 Å². The zero-order chi connectivity index (χ0) is 25.6. The highest BCUT2D eigenvalue weighted by Crippen LogP contribution is 2.41. The fraction of sp³-hybridized carbons (Fsp3) is 0.500. The number of carbonyl (C=O) groups excluding carboxylic acids is 1.